The number of nitrogens with two attached hydrogens (primary N) is 1. The van der Waals surface area contributed by atoms with Gasteiger partial charge >= 0.3 is 0 Å². The van der Waals surface area contributed by atoms with Crippen LogP contribution in [0, 0.1) is 0 Å². The van der Waals surface area contributed by atoms with Crippen molar-refractivity contribution in [2.45, 2.75) is 13.0 Å². The zero-order chi connectivity index (χ0) is 11.7. The standard InChI is InChI=1S/C10H9Cl2N3O/c1-5(13)9-14-10(16-15-9)8-6(11)3-2-4-7(8)12/h2-5H,13H2,1H3. The van der Waals surface area contributed by atoms with Crippen LogP contribution >= 0.6 is 23.2 Å². The molecule has 4 nitrogen and oxygen atoms in total. The highest BCUT2D eigenvalue weighted by molar-refractivity contribution is 6.38. The summed E-state index contributed by atoms with van der Waals surface area (Å²) in [6.45, 7) is 1.77. The van der Waals surface area contributed by atoms with E-state index >= 15 is 0 Å². The molecule has 0 radical (unpaired) electrons. The summed E-state index contributed by atoms with van der Waals surface area (Å²) in [6.07, 6.45) is 0. The van der Waals surface area contributed by atoms with Crippen molar-refractivity contribution >= 4 is 23.2 Å². The van der Waals surface area contributed by atoms with Gasteiger partial charge < -0.3 is 10.3 Å². The van der Waals surface area contributed by atoms with E-state index in [0.717, 1.165) is 0 Å². The summed E-state index contributed by atoms with van der Waals surface area (Å²) in [6, 6.07) is 4.87. The number of hydrogen-bond acceptors (Lipinski definition) is 4. The third-order valence-electron chi connectivity index (χ3n) is 2.03. The summed E-state index contributed by atoms with van der Waals surface area (Å²) in [5.74, 6) is 0.703. The summed E-state index contributed by atoms with van der Waals surface area (Å²) < 4.78 is 5.06. The molecule has 6 heteroatoms. The first-order valence-electron chi connectivity index (χ1n) is 4.63. The van der Waals surface area contributed by atoms with E-state index in [4.69, 9.17) is 33.5 Å². The molecule has 2 N–H and O–H groups in total. The van der Waals surface area contributed by atoms with E-state index < -0.39 is 0 Å². The molecule has 1 aromatic carbocycles. The van der Waals surface area contributed by atoms with Crippen LogP contribution in [0.5, 0.6) is 0 Å². The molecule has 0 spiro atoms. The van der Waals surface area contributed by atoms with Gasteiger partial charge in [-0.15, -0.1) is 0 Å². The normalized spacial score (nSPS) is 12.8. The molecule has 1 aromatic heterocycles. The van der Waals surface area contributed by atoms with Crippen molar-refractivity contribution < 1.29 is 4.52 Å². The van der Waals surface area contributed by atoms with Crippen LogP contribution in [0.3, 0.4) is 0 Å². The van der Waals surface area contributed by atoms with Crippen molar-refractivity contribution in [3.8, 4) is 11.5 Å². The molecule has 0 aliphatic rings. The maximum absolute atomic E-state index is 6.01. The molecule has 2 aromatic rings. The van der Waals surface area contributed by atoms with Gasteiger partial charge in [0.15, 0.2) is 5.82 Å². The van der Waals surface area contributed by atoms with E-state index in [1.807, 2.05) is 0 Å². The van der Waals surface area contributed by atoms with Crippen LogP contribution in [-0.4, -0.2) is 10.1 Å². The molecule has 84 valence electrons. The van der Waals surface area contributed by atoms with Crippen molar-refractivity contribution in [2.75, 3.05) is 0 Å². The number of hydrogen-bond donors (Lipinski definition) is 1. The fourth-order valence-corrected chi connectivity index (χ4v) is 1.78. The highest BCUT2D eigenvalue weighted by atomic mass is 35.5. The summed E-state index contributed by atoms with van der Waals surface area (Å²) in [7, 11) is 0. The van der Waals surface area contributed by atoms with E-state index in [0.29, 0.717) is 21.4 Å². The number of benzene rings is 1. The highest BCUT2D eigenvalue weighted by Crippen LogP contribution is 2.33. The molecule has 0 fully saturated rings. The lowest BCUT2D eigenvalue weighted by atomic mass is 10.2. The van der Waals surface area contributed by atoms with Crippen LogP contribution in [0.4, 0.5) is 0 Å². The van der Waals surface area contributed by atoms with E-state index in [-0.39, 0.29) is 11.9 Å². The second kappa shape index (κ2) is 4.41. The van der Waals surface area contributed by atoms with Crippen molar-refractivity contribution in [1.29, 1.82) is 0 Å². The lowest BCUT2D eigenvalue weighted by Crippen LogP contribution is -2.06. The van der Waals surface area contributed by atoms with Crippen LogP contribution < -0.4 is 5.73 Å². The van der Waals surface area contributed by atoms with Gasteiger partial charge in [0.05, 0.1) is 21.7 Å². The molecular weight excluding hydrogens is 249 g/mol. The molecule has 16 heavy (non-hydrogen) atoms. The molecule has 1 heterocycles. The summed E-state index contributed by atoms with van der Waals surface area (Å²) >= 11 is 12.0. The zero-order valence-electron chi connectivity index (χ0n) is 8.45. The minimum Gasteiger partial charge on any atom is -0.334 e. The Morgan fingerprint density at radius 3 is 2.44 bits per heavy atom. The lowest BCUT2D eigenvalue weighted by Gasteiger charge is -2.00. The van der Waals surface area contributed by atoms with Crippen LogP contribution in [0.25, 0.3) is 11.5 Å². The maximum Gasteiger partial charge on any atom is 0.261 e. The molecule has 1 unspecified atom stereocenters. The van der Waals surface area contributed by atoms with Crippen LogP contribution in [0.15, 0.2) is 22.7 Å². The third kappa shape index (κ3) is 2.04. The Morgan fingerprint density at radius 1 is 1.31 bits per heavy atom. The lowest BCUT2D eigenvalue weighted by molar-refractivity contribution is 0.418. The first-order valence-corrected chi connectivity index (χ1v) is 5.38. The van der Waals surface area contributed by atoms with Gasteiger partial charge in [-0.3, -0.25) is 0 Å². The third-order valence-corrected chi connectivity index (χ3v) is 2.66. The molecule has 0 saturated heterocycles. The predicted octanol–water partition coefficient (Wildman–Crippen LogP) is 3.06. The Kier molecular flexibility index (Phi) is 3.14. The molecule has 0 bridgehead atoms. The molecule has 1 atom stereocenters. The topological polar surface area (TPSA) is 64.9 Å². The molecular formula is C10H9Cl2N3O. The number of rotatable bonds is 2. The average molecular weight is 258 g/mol. The summed E-state index contributed by atoms with van der Waals surface area (Å²) in [5.41, 5.74) is 6.16. The predicted molar refractivity (Wildman–Crippen MR) is 62.4 cm³/mol. The second-order valence-corrected chi connectivity index (χ2v) is 4.16. The SMILES string of the molecule is CC(N)c1noc(-c2c(Cl)cccc2Cl)n1. The monoisotopic (exact) mass is 257 g/mol. The quantitative estimate of drug-likeness (QED) is 0.898. The van der Waals surface area contributed by atoms with Gasteiger partial charge in [-0.05, 0) is 19.1 Å². The van der Waals surface area contributed by atoms with E-state index in [1.54, 1.807) is 25.1 Å². The van der Waals surface area contributed by atoms with Crippen molar-refractivity contribution in [3.63, 3.8) is 0 Å². The summed E-state index contributed by atoms with van der Waals surface area (Å²) in [4.78, 5) is 4.13. The fraction of sp³-hybridized carbons (Fsp3) is 0.200. The Hall–Kier alpha value is -1.10. The van der Waals surface area contributed by atoms with Gasteiger partial charge in [0.2, 0.25) is 0 Å². The van der Waals surface area contributed by atoms with Gasteiger partial charge in [0, 0.05) is 0 Å². The van der Waals surface area contributed by atoms with Gasteiger partial charge in [-0.1, -0.05) is 34.4 Å². The average Bonchev–Trinajstić information content (AvgIpc) is 2.66. The number of aromatic nitrogens is 2. The van der Waals surface area contributed by atoms with E-state index in [9.17, 15) is 0 Å². The first kappa shape index (κ1) is 11.4. The van der Waals surface area contributed by atoms with Crippen LogP contribution in [-0.2, 0) is 0 Å². The zero-order valence-corrected chi connectivity index (χ0v) is 9.96. The Morgan fingerprint density at radius 2 is 1.94 bits per heavy atom. The molecule has 2 rings (SSSR count). The van der Waals surface area contributed by atoms with Gasteiger partial charge in [0.1, 0.15) is 0 Å². The number of halogens is 2. The van der Waals surface area contributed by atoms with E-state index in [2.05, 4.69) is 10.1 Å². The first-order chi connectivity index (χ1) is 7.59. The fourth-order valence-electron chi connectivity index (χ4n) is 1.22. The largest absolute Gasteiger partial charge is 0.334 e. The van der Waals surface area contributed by atoms with Gasteiger partial charge in [-0.2, -0.15) is 4.98 Å². The van der Waals surface area contributed by atoms with Gasteiger partial charge in [-0.25, -0.2) is 0 Å². The highest BCUT2D eigenvalue weighted by Gasteiger charge is 2.16. The minimum atomic E-state index is -0.293. The molecule has 0 saturated carbocycles. The molecule has 0 amide bonds. The van der Waals surface area contributed by atoms with Crippen LogP contribution in [0.2, 0.25) is 10.0 Å². The molecule has 0 aliphatic heterocycles. The smallest absolute Gasteiger partial charge is 0.261 e. The van der Waals surface area contributed by atoms with Crippen LogP contribution in [0.1, 0.15) is 18.8 Å². The Bertz CT molecular complexity index is 490. The van der Waals surface area contributed by atoms with Crippen molar-refractivity contribution in [3.05, 3.63) is 34.1 Å². The minimum absolute atomic E-state index is 0.280. The Balaban J connectivity index is 2.50. The van der Waals surface area contributed by atoms with Crippen molar-refractivity contribution in [2.24, 2.45) is 5.73 Å². The summed E-state index contributed by atoms with van der Waals surface area (Å²) in [5, 5.41) is 4.68. The molecule has 0 aliphatic carbocycles. The van der Waals surface area contributed by atoms with E-state index in [1.165, 1.54) is 0 Å². The number of nitrogens with zero attached hydrogens (tertiary/aromatic N) is 2. The van der Waals surface area contributed by atoms with Crippen molar-refractivity contribution in [1.82, 2.24) is 10.1 Å². The second-order valence-electron chi connectivity index (χ2n) is 3.34. The van der Waals surface area contributed by atoms with Gasteiger partial charge in [0.25, 0.3) is 5.89 Å². The maximum atomic E-state index is 6.01. The Labute approximate surface area is 102 Å².